The van der Waals surface area contributed by atoms with E-state index in [0.29, 0.717) is 12.5 Å². The number of carbonyl (C=O) groups is 1. The van der Waals surface area contributed by atoms with Crippen molar-refractivity contribution >= 4 is 5.91 Å². The van der Waals surface area contributed by atoms with E-state index in [4.69, 9.17) is 0 Å². The van der Waals surface area contributed by atoms with E-state index in [1.807, 2.05) is 20.0 Å². The standard InChI is InChI=1S/C11H18N4O/c1-8(9-5-12-6-9)11(16)13-7-10-3-4-14-15(10)2/h3-4,8-9,12H,5-7H2,1-2H3,(H,13,16). The Morgan fingerprint density at radius 3 is 3.00 bits per heavy atom. The van der Waals surface area contributed by atoms with Crippen molar-refractivity contribution in [2.75, 3.05) is 13.1 Å². The summed E-state index contributed by atoms with van der Waals surface area (Å²) in [7, 11) is 1.88. The minimum absolute atomic E-state index is 0.0921. The average Bonchev–Trinajstić information content (AvgIpc) is 2.57. The quantitative estimate of drug-likeness (QED) is 0.747. The lowest BCUT2D eigenvalue weighted by Crippen LogP contribution is -2.49. The third-order valence-corrected chi connectivity index (χ3v) is 3.30. The van der Waals surface area contributed by atoms with E-state index < -0.39 is 0 Å². The Hall–Kier alpha value is -1.36. The lowest BCUT2D eigenvalue weighted by molar-refractivity contribution is -0.126. The molecule has 16 heavy (non-hydrogen) atoms. The van der Waals surface area contributed by atoms with Gasteiger partial charge in [0.25, 0.3) is 0 Å². The van der Waals surface area contributed by atoms with Crippen molar-refractivity contribution < 1.29 is 4.79 Å². The predicted molar refractivity (Wildman–Crippen MR) is 60.6 cm³/mol. The summed E-state index contributed by atoms with van der Waals surface area (Å²) in [6, 6.07) is 1.91. The van der Waals surface area contributed by atoms with Crippen molar-refractivity contribution in [1.29, 1.82) is 0 Å². The number of amides is 1. The SMILES string of the molecule is CC(C(=O)NCc1ccnn1C)C1CNC1. The lowest BCUT2D eigenvalue weighted by Gasteiger charge is -2.31. The molecule has 1 atom stereocenters. The van der Waals surface area contributed by atoms with Crippen LogP contribution in [0.5, 0.6) is 0 Å². The average molecular weight is 222 g/mol. The van der Waals surface area contributed by atoms with Gasteiger partial charge in [-0.3, -0.25) is 9.48 Å². The summed E-state index contributed by atoms with van der Waals surface area (Å²) in [6.45, 7) is 4.46. The van der Waals surface area contributed by atoms with Gasteiger partial charge in [0.2, 0.25) is 5.91 Å². The molecule has 2 heterocycles. The Bertz CT molecular complexity index is 370. The molecule has 5 heteroatoms. The predicted octanol–water partition coefficient (Wildman–Crippen LogP) is -0.108. The van der Waals surface area contributed by atoms with Crippen LogP contribution >= 0.6 is 0 Å². The fraction of sp³-hybridized carbons (Fsp3) is 0.636. The van der Waals surface area contributed by atoms with E-state index in [1.165, 1.54) is 0 Å². The molecule has 1 aromatic rings. The summed E-state index contributed by atoms with van der Waals surface area (Å²) < 4.78 is 1.77. The highest BCUT2D eigenvalue weighted by atomic mass is 16.1. The Labute approximate surface area is 95.2 Å². The van der Waals surface area contributed by atoms with E-state index in [0.717, 1.165) is 18.8 Å². The van der Waals surface area contributed by atoms with E-state index in [9.17, 15) is 4.79 Å². The Balaban J connectivity index is 1.81. The van der Waals surface area contributed by atoms with Gasteiger partial charge in [0.1, 0.15) is 0 Å². The number of nitrogens with zero attached hydrogens (tertiary/aromatic N) is 2. The first-order valence-corrected chi connectivity index (χ1v) is 5.64. The molecule has 1 fully saturated rings. The Kier molecular flexibility index (Phi) is 3.24. The first-order valence-electron chi connectivity index (χ1n) is 5.64. The monoisotopic (exact) mass is 222 g/mol. The molecular formula is C11H18N4O. The zero-order chi connectivity index (χ0) is 11.5. The topological polar surface area (TPSA) is 59.0 Å². The van der Waals surface area contributed by atoms with Gasteiger partial charge < -0.3 is 10.6 Å². The van der Waals surface area contributed by atoms with Crippen LogP contribution in [0.4, 0.5) is 0 Å². The van der Waals surface area contributed by atoms with Crippen LogP contribution in [0.1, 0.15) is 12.6 Å². The van der Waals surface area contributed by atoms with Crippen LogP contribution in [0.25, 0.3) is 0 Å². The van der Waals surface area contributed by atoms with Crippen molar-refractivity contribution in [3.05, 3.63) is 18.0 Å². The van der Waals surface area contributed by atoms with Crippen LogP contribution in [0, 0.1) is 11.8 Å². The molecule has 1 aromatic heterocycles. The summed E-state index contributed by atoms with van der Waals surface area (Å²) in [5.74, 6) is 0.716. The van der Waals surface area contributed by atoms with Crippen molar-refractivity contribution in [1.82, 2.24) is 20.4 Å². The van der Waals surface area contributed by atoms with E-state index in [2.05, 4.69) is 15.7 Å². The molecule has 0 aliphatic carbocycles. The van der Waals surface area contributed by atoms with E-state index >= 15 is 0 Å². The van der Waals surface area contributed by atoms with Gasteiger partial charge in [-0.05, 0) is 25.1 Å². The van der Waals surface area contributed by atoms with Crippen LogP contribution in [0.3, 0.4) is 0 Å². The van der Waals surface area contributed by atoms with Gasteiger partial charge in [0, 0.05) is 19.2 Å². The minimum atomic E-state index is 0.0921. The molecule has 5 nitrogen and oxygen atoms in total. The minimum Gasteiger partial charge on any atom is -0.350 e. The second-order valence-corrected chi connectivity index (χ2v) is 4.37. The molecule has 2 rings (SSSR count). The highest BCUT2D eigenvalue weighted by molar-refractivity contribution is 5.78. The van der Waals surface area contributed by atoms with Crippen molar-refractivity contribution in [2.24, 2.45) is 18.9 Å². The smallest absolute Gasteiger partial charge is 0.223 e. The summed E-state index contributed by atoms with van der Waals surface area (Å²) in [5, 5.41) is 10.2. The number of hydrogen-bond acceptors (Lipinski definition) is 3. The van der Waals surface area contributed by atoms with Gasteiger partial charge in [-0.2, -0.15) is 5.10 Å². The van der Waals surface area contributed by atoms with Crippen LogP contribution < -0.4 is 10.6 Å². The Morgan fingerprint density at radius 2 is 2.50 bits per heavy atom. The third kappa shape index (κ3) is 2.24. The fourth-order valence-corrected chi connectivity index (χ4v) is 1.79. The summed E-state index contributed by atoms with van der Waals surface area (Å²) in [4.78, 5) is 11.8. The van der Waals surface area contributed by atoms with Gasteiger partial charge in [0.15, 0.2) is 0 Å². The van der Waals surface area contributed by atoms with Crippen molar-refractivity contribution in [3.8, 4) is 0 Å². The van der Waals surface area contributed by atoms with Crippen molar-refractivity contribution in [2.45, 2.75) is 13.5 Å². The second kappa shape index (κ2) is 4.65. The number of carbonyl (C=O) groups excluding carboxylic acids is 1. The van der Waals surface area contributed by atoms with Gasteiger partial charge >= 0.3 is 0 Å². The number of aromatic nitrogens is 2. The third-order valence-electron chi connectivity index (χ3n) is 3.30. The highest BCUT2D eigenvalue weighted by Crippen LogP contribution is 2.15. The fourth-order valence-electron chi connectivity index (χ4n) is 1.79. The summed E-state index contributed by atoms with van der Waals surface area (Å²) in [6.07, 6.45) is 1.74. The highest BCUT2D eigenvalue weighted by Gasteiger charge is 2.28. The molecule has 0 aromatic carbocycles. The molecule has 1 saturated heterocycles. The maximum atomic E-state index is 11.8. The number of rotatable bonds is 4. The van der Waals surface area contributed by atoms with Gasteiger partial charge in [-0.25, -0.2) is 0 Å². The van der Waals surface area contributed by atoms with Crippen LogP contribution in [0.15, 0.2) is 12.3 Å². The largest absolute Gasteiger partial charge is 0.350 e. The summed E-state index contributed by atoms with van der Waals surface area (Å²) >= 11 is 0. The first kappa shape index (κ1) is 11.1. The zero-order valence-electron chi connectivity index (χ0n) is 9.73. The molecular weight excluding hydrogens is 204 g/mol. The number of aryl methyl sites for hydroxylation is 1. The molecule has 1 aliphatic heterocycles. The number of nitrogens with one attached hydrogen (secondary N) is 2. The summed E-state index contributed by atoms with van der Waals surface area (Å²) in [5.41, 5.74) is 1.02. The van der Waals surface area contributed by atoms with Crippen LogP contribution in [-0.4, -0.2) is 28.8 Å². The maximum absolute atomic E-state index is 11.8. The molecule has 1 aliphatic rings. The molecule has 0 bridgehead atoms. The molecule has 2 N–H and O–H groups in total. The second-order valence-electron chi connectivity index (χ2n) is 4.37. The normalized spacial score (nSPS) is 17.9. The molecule has 1 amide bonds. The molecule has 0 radical (unpaired) electrons. The molecule has 88 valence electrons. The maximum Gasteiger partial charge on any atom is 0.223 e. The Morgan fingerprint density at radius 1 is 1.75 bits per heavy atom. The van der Waals surface area contributed by atoms with Gasteiger partial charge in [-0.1, -0.05) is 6.92 Å². The number of hydrogen-bond donors (Lipinski definition) is 2. The zero-order valence-corrected chi connectivity index (χ0v) is 9.73. The van der Waals surface area contributed by atoms with Crippen LogP contribution in [-0.2, 0) is 18.4 Å². The molecule has 1 unspecified atom stereocenters. The van der Waals surface area contributed by atoms with Crippen molar-refractivity contribution in [3.63, 3.8) is 0 Å². The first-order chi connectivity index (χ1) is 7.68. The van der Waals surface area contributed by atoms with E-state index in [1.54, 1.807) is 10.9 Å². The molecule has 0 saturated carbocycles. The molecule has 0 spiro atoms. The van der Waals surface area contributed by atoms with Gasteiger partial charge in [-0.15, -0.1) is 0 Å². The van der Waals surface area contributed by atoms with Gasteiger partial charge in [0.05, 0.1) is 12.2 Å². The van der Waals surface area contributed by atoms with E-state index in [-0.39, 0.29) is 11.8 Å². The van der Waals surface area contributed by atoms with Crippen LogP contribution in [0.2, 0.25) is 0 Å². The lowest BCUT2D eigenvalue weighted by atomic mass is 9.88.